The van der Waals surface area contributed by atoms with E-state index in [1.54, 1.807) is 23.1 Å². The smallest absolute Gasteiger partial charge is 0.340 e. The first kappa shape index (κ1) is 21.4. The number of sulfonamides is 1. The number of esters is 1. The lowest BCUT2D eigenvalue weighted by Gasteiger charge is -2.26. The van der Waals surface area contributed by atoms with E-state index in [0.717, 1.165) is 5.56 Å². The van der Waals surface area contributed by atoms with E-state index < -0.39 is 28.5 Å². The van der Waals surface area contributed by atoms with Crippen LogP contribution in [0.3, 0.4) is 0 Å². The number of nitrogens with one attached hydrogen (secondary N) is 1. The minimum Gasteiger partial charge on any atom is -0.493 e. The molecule has 0 spiro atoms. The Labute approximate surface area is 173 Å². The number of carbonyl (C=O) groups excluding carboxylic acids is 2. The number of ether oxygens (including phenoxy) is 3. The Morgan fingerprint density at radius 3 is 2.67 bits per heavy atom. The Morgan fingerprint density at radius 2 is 1.93 bits per heavy atom. The van der Waals surface area contributed by atoms with E-state index in [1.165, 1.54) is 32.6 Å². The fraction of sp³-hybridized carbons (Fsp3) is 0.316. The Bertz CT molecular complexity index is 1040. The van der Waals surface area contributed by atoms with Crippen LogP contribution in [0.25, 0.3) is 0 Å². The minimum absolute atomic E-state index is 0.137. The molecule has 0 aromatic heterocycles. The summed E-state index contributed by atoms with van der Waals surface area (Å²) < 4.78 is 42.1. The molecule has 160 valence electrons. The summed E-state index contributed by atoms with van der Waals surface area (Å²) >= 11 is 0. The lowest BCUT2D eigenvalue weighted by atomic mass is 10.2. The standard InChI is InChI=1S/C19H21N3O7S/c1-27-15-5-3-13(9-16(15)28-2)10-20-18(23)12-29-19(24)14-4-6-17-21-30(25,26)8-7-22(17)11-14/h3-6,9,11H,7-8,10,12H2,1-2H3,(H,20,23). The number of hydrogen-bond acceptors (Lipinski definition) is 8. The van der Waals surface area contributed by atoms with E-state index in [9.17, 15) is 18.0 Å². The van der Waals surface area contributed by atoms with Gasteiger partial charge in [0, 0.05) is 19.3 Å². The normalized spacial score (nSPS) is 16.7. The predicted molar refractivity (Wildman–Crippen MR) is 108 cm³/mol. The third-order valence-corrected chi connectivity index (χ3v) is 5.50. The summed E-state index contributed by atoms with van der Waals surface area (Å²) in [5.74, 6) is 0.0621. The SMILES string of the molecule is COc1ccc(CNC(=O)COC(=O)C2=CN3CCS(=O)(=O)N=C3C=C2)cc1OC. The number of fused-ring (bicyclic) bond motifs is 1. The van der Waals surface area contributed by atoms with E-state index in [-0.39, 0.29) is 30.3 Å². The van der Waals surface area contributed by atoms with Crippen molar-refractivity contribution in [1.82, 2.24) is 10.2 Å². The van der Waals surface area contributed by atoms with Crippen molar-refractivity contribution in [2.75, 3.05) is 33.1 Å². The number of nitrogens with zero attached hydrogens (tertiary/aromatic N) is 2. The second-order valence-corrected chi connectivity index (χ2v) is 8.14. The molecule has 1 aromatic rings. The van der Waals surface area contributed by atoms with Crippen LogP contribution in [0.4, 0.5) is 0 Å². The Kier molecular flexibility index (Phi) is 6.40. The third-order valence-electron chi connectivity index (χ3n) is 4.33. The average Bonchev–Trinajstić information content (AvgIpc) is 2.74. The fourth-order valence-corrected chi connectivity index (χ4v) is 3.75. The summed E-state index contributed by atoms with van der Waals surface area (Å²) in [5.41, 5.74) is 0.984. The van der Waals surface area contributed by atoms with Crippen LogP contribution in [0.5, 0.6) is 11.5 Å². The van der Waals surface area contributed by atoms with Crippen LogP contribution in [-0.4, -0.2) is 64.2 Å². The molecule has 0 saturated heterocycles. The van der Waals surface area contributed by atoms with Gasteiger partial charge in [-0.2, -0.15) is 0 Å². The van der Waals surface area contributed by atoms with Gasteiger partial charge >= 0.3 is 5.97 Å². The molecular weight excluding hydrogens is 414 g/mol. The summed E-state index contributed by atoms with van der Waals surface area (Å²) in [6.07, 6.45) is 4.28. The third kappa shape index (κ3) is 5.17. The summed E-state index contributed by atoms with van der Waals surface area (Å²) in [4.78, 5) is 25.7. The maximum Gasteiger partial charge on any atom is 0.340 e. The van der Waals surface area contributed by atoms with Gasteiger partial charge in [0.2, 0.25) is 0 Å². The van der Waals surface area contributed by atoms with E-state index in [0.29, 0.717) is 11.5 Å². The van der Waals surface area contributed by atoms with Crippen molar-refractivity contribution >= 4 is 27.7 Å². The van der Waals surface area contributed by atoms with Crippen LogP contribution in [0.1, 0.15) is 5.56 Å². The Balaban J connectivity index is 1.50. The molecule has 1 N–H and O–H groups in total. The zero-order valence-corrected chi connectivity index (χ0v) is 17.3. The van der Waals surface area contributed by atoms with Crippen LogP contribution in [0, 0.1) is 0 Å². The van der Waals surface area contributed by atoms with Gasteiger partial charge < -0.3 is 24.4 Å². The number of benzene rings is 1. The second-order valence-electron chi connectivity index (χ2n) is 6.39. The van der Waals surface area contributed by atoms with Crippen molar-refractivity contribution in [3.63, 3.8) is 0 Å². The van der Waals surface area contributed by atoms with Crippen LogP contribution >= 0.6 is 0 Å². The van der Waals surface area contributed by atoms with Crippen molar-refractivity contribution in [3.05, 3.63) is 47.7 Å². The molecule has 0 saturated carbocycles. The maximum absolute atomic E-state index is 12.2. The highest BCUT2D eigenvalue weighted by Gasteiger charge is 2.25. The van der Waals surface area contributed by atoms with Crippen LogP contribution in [0.15, 0.2) is 46.5 Å². The molecule has 0 bridgehead atoms. The molecule has 0 atom stereocenters. The largest absolute Gasteiger partial charge is 0.493 e. The molecule has 2 aliphatic heterocycles. The quantitative estimate of drug-likeness (QED) is 0.609. The van der Waals surface area contributed by atoms with Gasteiger partial charge in [-0.15, -0.1) is 4.40 Å². The van der Waals surface area contributed by atoms with Gasteiger partial charge in [0.1, 0.15) is 5.84 Å². The lowest BCUT2D eigenvalue weighted by molar-refractivity contribution is -0.144. The van der Waals surface area contributed by atoms with E-state index >= 15 is 0 Å². The van der Waals surface area contributed by atoms with E-state index in [1.807, 2.05) is 0 Å². The fourth-order valence-electron chi connectivity index (χ4n) is 2.78. The van der Waals surface area contributed by atoms with Gasteiger partial charge in [-0.3, -0.25) is 4.79 Å². The average molecular weight is 435 g/mol. The molecule has 0 aliphatic carbocycles. The minimum atomic E-state index is -3.47. The molecule has 10 nitrogen and oxygen atoms in total. The number of methoxy groups -OCH3 is 2. The van der Waals surface area contributed by atoms with Gasteiger partial charge in [0.15, 0.2) is 18.1 Å². The molecule has 1 amide bonds. The first-order valence-corrected chi connectivity index (χ1v) is 10.6. The summed E-state index contributed by atoms with van der Waals surface area (Å²) in [6, 6.07) is 5.25. The zero-order valence-electron chi connectivity index (χ0n) is 16.5. The Morgan fingerprint density at radius 1 is 1.17 bits per heavy atom. The van der Waals surface area contributed by atoms with Crippen molar-refractivity contribution < 1.29 is 32.2 Å². The van der Waals surface area contributed by atoms with Crippen molar-refractivity contribution in [2.24, 2.45) is 4.40 Å². The molecule has 2 heterocycles. The first-order valence-electron chi connectivity index (χ1n) is 8.95. The summed E-state index contributed by atoms with van der Waals surface area (Å²) in [6.45, 7) is -0.0395. The maximum atomic E-state index is 12.2. The van der Waals surface area contributed by atoms with Gasteiger partial charge in [0.25, 0.3) is 15.9 Å². The van der Waals surface area contributed by atoms with Crippen LogP contribution in [0.2, 0.25) is 0 Å². The van der Waals surface area contributed by atoms with Gasteiger partial charge in [-0.25, -0.2) is 13.2 Å². The highest BCUT2D eigenvalue weighted by atomic mass is 32.2. The monoisotopic (exact) mass is 435 g/mol. The van der Waals surface area contributed by atoms with Crippen molar-refractivity contribution in [3.8, 4) is 11.5 Å². The molecule has 1 aromatic carbocycles. The van der Waals surface area contributed by atoms with Gasteiger partial charge in [-0.05, 0) is 29.8 Å². The molecule has 30 heavy (non-hydrogen) atoms. The molecule has 0 unspecified atom stereocenters. The molecule has 0 fully saturated rings. The predicted octanol–water partition coefficient (Wildman–Crippen LogP) is 0.361. The number of rotatable bonds is 7. The summed E-state index contributed by atoms with van der Waals surface area (Å²) in [5, 5.41) is 2.65. The second kappa shape index (κ2) is 8.99. The zero-order chi connectivity index (χ0) is 21.7. The highest BCUT2D eigenvalue weighted by molar-refractivity contribution is 7.90. The molecule has 2 aliphatic rings. The van der Waals surface area contributed by atoms with Crippen molar-refractivity contribution in [1.29, 1.82) is 0 Å². The van der Waals surface area contributed by atoms with Crippen LogP contribution < -0.4 is 14.8 Å². The number of amidine groups is 1. The number of amides is 1. The van der Waals surface area contributed by atoms with Gasteiger partial charge in [0.05, 0.1) is 25.5 Å². The lowest BCUT2D eigenvalue weighted by Crippen LogP contribution is -2.37. The van der Waals surface area contributed by atoms with Crippen LogP contribution in [-0.2, 0) is 30.9 Å². The van der Waals surface area contributed by atoms with Gasteiger partial charge in [-0.1, -0.05) is 6.07 Å². The molecule has 11 heteroatoms. The topological polar surface area (TPSA) is 124 Å². The van der Waals surface area contributed by atoms with Crippen molar-refractivity contribution in [2.45, 2.75) is 6.54 Å². The Hall–Kier alpha value is -3.34. The molecule has 3 rings (SSSR count). The molecule has 0 radical (unpaired) electrons. The summed E-state index contributed by atoms with van der Waals surface area (Å²) in [7, 11) is -0.416. The van der Waals surface area contributed by atoms with E-state index in [4.69, 9.17) is 14.2 Å². The molecular formula is C19H21N3O7S. The highest BCUT2D eigenvalue weighted by Crippen LogP contribution is 2.27. The number of hydrogen-bond donors (Lipinski definition) is 1. The van der Waals surface area contributed by atoms with E-state index in [2.05, 4.69) is 9.71 Å². The first-order chi connectivity index (χ1) is 14.3. The number of carbonyl (C=O) groups is 2.